The van der Waals surface area contributed by atoms with Gasteiger partial charge in [-0.05, 0) is 0 Å². The summed E-state index contributed by atoms with van der Waals surface area (Å²) < 4.78 is 5.11. The lowest BCUT2D eigenvalue weighted by atomic mass is 9.99. The zero-order valence-corrected chi connectivity index (χ0v) is 11.8. The second kappa shape index (κ2) is 8.06. The molecule has 6 heteroatoms. The summed E-state index contributed by atoms with van der Waals surface area (Å²) in [6.07, 6.45) is 3.54. The molecule has 2 N–H and O–H groups in total. The van der Waals surface area contributed by atoms with Gasteiger partial charge in [-0.25, -0.2) is 0 Å². The van der Waals surface area contributed by atoms with Crippen LogP contribution in [0.5, 0.6) is 0 Å². The van der Waals surface area contributed by atoms with E-state index >= 15 is 0 Å². The molecule has 0 radical (unpaired) electrons. The minimum Gasteiger partial charge on any atom is -0.383 e. The largest absolute Gasteiger partial charge is 0.383 e. The Hall–Kier alpha value is -1.21. The molecule has 0 unspecified atom stereocenters. The summed E-state index contributed by atoms with van der Waals surface area (Å²) >= 11 is 0. The van der Waals surface area contributed by atoms with E-state index < -0.39 is 0 Å². The van der Waals surface area contributed by atoms with Crippen LogP contribution in [0.2, 0.25) is 0 Å². The summed E-state index contributed by atoms with van der Waals surface area (Å²) in [5, 5.41) is 3.28. The van der Waals surface area contributed by atoms with Crippen LogP contribution in [-0.2, 0) is 14.4 Å². The van der Waals surface area contributed by atoms with Crippen LogP contribution in [0.15, 0.2) is 24.3 Å². The molecule has 1 rings (SSSR count). The summed E-state index contributed by atoms with van der Waals surface area (Å²) in [7, 11) is 5.11. The Kier molecular flexibility index (Phi) is 6.72. The summed E-state index contributed by atoms with van der Waals surface area (Å²) in [6.45, 7) is 5.11. The fraction of sp³-hybridized carbons (Fsp3) is 0.615. The fourth-order valence-electron chi connectivity index (χ4n) is 1.85. The summed E-state index contributed by atoms with van der Waals surface area (Å²) in [5.74, 6) is -0.0256. The van der Waals surface area contributed by atoms with Crippen molar-refractivity contribution in [2.24, 2.45) is 0 Å². The molecule has 19 heavy (non-hydrogen) atoms. The third-order valence-electron chi connectivity index (χ3n) is 2.77. The van der Waals surface area contributed by atoms with E-state index in [0.29, 0.717) is 25.3 Å². The van der Waals surface area contributed by atoms with Gasteiger partial charge >= 0.3 is 0 Å². The Morgan fingerprint density at radius 1 is 1.68 bits per heavy atom. The minimum absolute atomic E-state index is 0.0256. The zero-order chi connectivity index (χ0) is 14.3. The van der Waals surface area contributed by atoms with E-state index in [0.717, 1.165) is 0 Å². The van der Waals surface area contributed by atoms with Crippen molar-refractivity contribution in [3.8, 4) is 0 Å². The van der Waals surface area contributed by atoms with Crippen LogP contribution in [0.1, 0.15) is 0 Å². The number of nitrogens with zero attached hydrogens (tertiary/aromatic N) is 1. The van der Waals surface area contributed by atoms with Gasteiger partial charge in [-0.15, -0.1) is 6.58 Å². The van der Waals surface area contributed by atoms with Crippen LogP contribution in [0, 0.1) is 0 Å². The highest BCUT2D eigenvalue weighted by molar-refractivity contribution is 5.94. The molecular formula is C13H23N3O3. The number of methoxy groups -OCH3 is 1. The standard InChI is InChI=1S/C13H23N3O3/c1-5-6-19-15-12-8-14-10(9-18-4)7-11(12)13(17)16(2)3/h5,7,10,12,14-15H,1,6,8-9H2,2-4H3/t10-,12-/m0/s1. The fourth-order valence-corrected chi connectivity index (χ4v) is 1.85. The van der Waals surface area contributed by atoms with E-state index in [4.69, 9.17) is 9.57 Å². The zero-order valence-electron chi connectivity index (χ0n) is 11.8. The number of carbonyl (C=O) groups excluding carboxylic acids is 1. The molecule has 0 spiro atoms. The Balaban J connectivity index is 2.76. The number of amides is 1. The first-order valence-electron chi connectivity index (χ1n) is 6.24. The van der Waals surface area contributed by atoms with Gasteiger partial charge in [0.25, 0.3) is 5.91 Å². The summed E-state index contributed by atoms with van der Waals surface area (Å²) in [4.78, 5) is 18.9. The quantitative estimate of drug-likeness (QED) is 0.377. The molecule has 0 saturated heterocycles. The lowest BCUT2D eigenvalue weighted by molar-refractivity contribution is -0.125. The normalized spacial score (nSPS) is 22.8. The molecule has 0 aliphatic carbocycles. The number of hydroxylamine groups is 1. The smallest absolute Gasteiger partial charge is 0.250 e. The molecule has 0 aromatic rings. The van der Waals surface area contributed by atoms with E-state index in [-0.39, 0.29) is 18.0 Å². The number of nitrogens with one attached hydrogen (secondary N) is 2. The summed E-state index contributed by atoms with van der Waals surface area (Å²) in [5.41, 5.74) is 3.57. The van der Waals surface area contributed by atoms with Gasteiger partial charge in [0, 0.05) is 39.4 Å². The second-order valence-corrected chi connectivity index (χ2v) is 4.56. The lowest BCUT2D eigenvalue weighted by Gasteiger charge is -2.30. The first-order valence-corrected chi connectivity index (χ1v) is 6.24. The molecule has 0 saturated carbocycles. The van der Waals surface area contributed by atoms with Crippen molar-refractivity contribution >= 4 is 5.91 Å². The first kappa shape index (κ1) is 15.8. The minimum atomic E-state index is -0.178. The van der Waals surface area contributed by atoms with E-state index in [9.17, 15) is 4.79 Å². The van der Waals surface area contributed by atoms with Gasteiger partial charge in [-0.2, -0.15) is 5.48 Å². The van der Waals surface area contributed by atoms with E-state index in [1.165, 1.54) is 0 Å². The van der Waals surface area contributed by atoms with Crippen LogP contribution >= 0.6 is 0 Å². The maximum atomic E-state index is 12.2. The average Bonchev–Trinajstić information content (AvgIpc) is 2.39. The maximum absolute atomic E-state index is 12.2. The van der Waals surface area contributed by atoms with Crippen LogP contribution in [0.3, 0.4) is 0 Å². The molecule has 1 aliphatic heterocycles. The SMILES string of the molecule is C=CCON[C@H]1CN[C@H](COC)C=C1C(=O)N(C)C. The number of hydrogen-bond acceptors (Lipinski definition) is 5. The average molecular weight is 269 g/mol. The second-order valence-electron chi connectivity index (χ2n) is 4.56. The highest BCUT2D eigenvalue weighted by atomic mass is 16.6. The molecule has 0 aromatic carbocycles. The van der Waals surface area contributed by atoms with Crippen molar-refractivity contribution in [1.29, 1.82) is 0 Å². The molecule has 0 bridgehead atoms. The predicted molar refractivity (Wildman–Crippen MR) is 73.5 cm³/mol. The predicted octanol–water partition coefficient (Wildman–Crippen LogP) is -0.305. The Morgan fingerprint density at radius 2 is 2.42 bits per heavy atom. The third kappa shape index (κ3) is 4.76. The molecule has 0 aromatic heterocycles. The van der Waals surface area contributed by atoms with Crippen LogP contribution in [-0.4, -0.2) is 63.9 Å². The van der Waals surface area contributed by atoms with Crippen molar-refractivity contribution in [3.63, 3.8) is 0 Å². The highest BCUT2D eigenvalue weighted by Gasteiger charge is 2.28. The summed E-state index contributed by atoms with van der Waals surface area (Å²) in [6, 6.07) is -0.135. The van der Waals surface area contributed by atoms with Crippen molar-refractivity contribution in [1.82, 2.24) is 15.7 Å². The van der Waals surface area contributed by atoms with Crippen molar-refractivity contribution in [3.05, 3.63) is 24.3 Å². The van der Waals surface area contributed by atoms with Crippen molar-refractivity contribution in [2.45, 2.75) is 12.1 Å². The van der Waals surface area contributed by atoms with Gasteiger partial charge in [-0.3, -0.25) is 9.63 Å². The Morgan fingerprint density at radius 3 is 3.00 bits per heavy atom. The van der Waals surface area contributed by atoms with Gasteiger partial charge in [0.1, 0.15) is 0 Å². The monoisotopic (exact) mass is 269 g/mol. The molecular weight excluding hydrogens is 246 g/mol. The van der Waals surface area contributed by atoms with E-state index in [2.05, 4.69) is 17.4 Å². The molecule has 0 fully saturated rings. The number of likely N-dealkylation sites (N-methyl/N-ethyl adjacent to an activating group) is 1. The van der Waals surface area contributed by atoms with Gasteiger partial charge in [0.2, 0.25) is 0 Å². The number of ether oxygens (including phenoxy) is 1. The number of rotatable bonds is 7. The maximum Gasteiger partial charge on any atom is 0.250 e. The van der Waals surface area contributed by atoms with Crippen molar-refractivity contribution < 1.29 is 14.4 Å². The van der Waals surface area contributed by atoms with Gasteiger partial charge in [0.05, 0.1) is 19.3 Å². The number of carbonyl (C=O) groups is 1. The lowest BCUT2D eigenvalue weighted by Crippen LogP contribution is -2.51. The molecule has 108 valence electrons. The molecule has 1 aliphatic rings. The molecule has 1 heterocycles. The van der Waals surface area contributed by atoms with Gasteiger partial charge in [0.15, 0.2) is 0 Å². The van der Waals surface area contributed by atoms with Gasteiger partial charge < -0.3 is 15.0 Å². The Bertz CT molecular complexity index is 342. The van der Waals surface area contributed by atoms with Crippen molar-refractivity contribution in [2.75, 3.05) is 41.0 Å². The van der Waals surface area contributed by atoms with E-state index in [1.807, 2.05) is 6.08 Å². The van der Waals surface area contributed by atoms with Crippen LogP contribution in [0.4, 0.5) is 0 Å². The van der Waals surface area contributed by atoms with E-state index in [1.54, 1.807) is 32.2 Å². The third-order valence-corrected chi connectivity index (χ3v) is 2.77. The van der Waals surface area contributed by atoms with Crippen LogP contribution in [0.25, 0.3) is 0 Å². The van der Waals surface area contributed by atoms with Crippen LogP contribution < -0.4 is 10.8 Å². The molecule has 2 atom stereocenters. The highest BCUT2D eigenvalue weighted by Crippen LogP contribution is 2.12. The number of hydrogen-bond donors (Lipinski definition) is 2. The first-order chi connectivity index (χ1) is 9.10. The topological polar surface area (TPSA) is 62.8 Å². The Labute approximate surface area is 114 Å². The molecule has 1 amide bonds. The molecule has 6 nitrogen and oxygen atoms in total. The van der Waals surface area contributed by atoms with Gasteiger partial charge in [-0.1, -0.05) is 12.2 Å².